The summed E-state index contributed by atoms with van der Waals surface area (Å²) in [6.45, 7) is 2.55. The highest BCUT2D eigenvalue weighted by molar-refractivity contribution is 9.10. The summed E-state index contributed by atoms with van der Waals surface area (Å²) in [5.41, 5.74) is 2.96. The number of hydrogen-bond donors (Lipinski definition) is 1. The molecule has 0 spiro atoms. The van der Waals surface area contributed by atoms with Crippen molar-refractivity contribution in [2.24, 2.45) is 0 Å². The molecule has 2 aromatic rings. The van der Waals surface area contributed by atoms with Gasteiger partial charge in [-0.05, 0) is 64.3 Å². The molecule has 1 nitrogen and oxygen atoms in total. The van der Waals surface area contributed by atoms with Crippen LogP contribution in [-0.2, 0) is 6.54 Å². The van der Waals surface area contributed by atoms with Crippen molar-refractivity contribution in [3.05, 3.63) is 62.8 Å². The fraction of sp³-hybridized carbons (Fsp3) is 0.143. The van der Waals surface area contributed by atoms with Crippen LogP contribution in [0, 0.1) is 12.7 Å². The second-order valence-corrected chi connectivity index (χ2v) is 5.41. The Kier molecular flexibility index (Phi) is 4.25. The molecule has 0 fully saturated rings. The Balaban J connectivity index is 2.13. The van der Waals surface area contributed by atoms with Gasteiger partial charge < -0.3 is 5.32 Å². The maximum Gasteiger partial charge on any atom is 0.125 e. The Morgan fingerprint density at radius 2 is 2.00 bits per heavy atom. The fourth-order valence-corrected chi connectivity index (χ4v) is 2.32. The van der Waals surface area contributed by atoms with Crippen LogP contribution >= 0.6 is 27.5 Å². The number of anilines is 1. The highest BCUT2D eigenvalue weighted by Crippen LogP contribution is 2.24. The van der Waals surface area contributed by atoms with Crippen molar-refractivity contribution >= 4 is 33.2 Å². The average molecular weight is 329 g/mol. The van der Waals surface area contributed by atoms with E-state index in [0.717, 1.165) is 21.3 Å². The molecule has 0 atom stereocenters. The van der Waals surface area contributed by atoms with Crippen molar-refractivity contribution in [3.8, 4) is 0 Å². The molecule has 0 unspecified atom stereocenters. The van der Waals surface area contributed by atoms with E-state index in [-0.39, 0.29) is 5.82 Å². The van der Waals surface area contributed by atoms with Crippen LogP contribution < -0.4 is 5.32 Å². The van der Waals surface area contributed by atoms with Gasteiger partial charge in [0, 0.05) is 21.7 Å². The molecule has 0 aromatic heterocycles. The van der Waals surface area contributed by atoms with Gasteiger partial charge in [-0.3, -0.25) is 0 Å². The fourth-order valence-electron chi connectivity index (χ4n) is 1.68. The molecule has 0 aliphatic rings. The Morgan fingerprint density at radius 1 is 1.22 bits per heavy atom. The monoisotopic (exact) mass is 327 g/mol. The minimum atomic E-state index is -0.317. The van der Waals surface area contributed by atoms with Crippen LogP contribution in [0.2, 0.25) is 5.02 Å². The minimum Gasteiger partial charge on any atom is -0.380 e. The van der Waals surface area contributed by atoms with E-state index in [1.165, 1.54) is 12.1 Å². The molecule has 2 rings (SSSR count). The normalized spacial score (nSPS) is 10.4. The average Bonchev–Trinajstić information content (AvgIpc) is 2.29. The molecular formula is C14H12BrClFN. The summed E-state index contributed by atoms with van der Waals surface area (Å²) in [5.74, 6) is -0.317. The van der Waals surface area contributed by atoms with Crippen LogP contribution in [0.15, 0.2) is 40.9 Å². The molecule has 0 bridgehead atoms. The zero-order valence-corrected chi connectivity index (χ0v) is 12.1. The molecule has 0 saturated heterocycles. The highest BCUT2D eigenvalue weighted by atomic mass is 79.9. The molecular weight excluding hydrogens is 317 g/mol. The summed E-state index contributed by atoms with van der Waals surface area (Å²) in [6.07, 6.45) is 0. The van der Waals surface area contributed by atoms with Crippen molar-refractivity contribution in [2.45, 2.75) is 13.5 Å². The SMILES string of the molecule is Cc1ccc(Br)c(NCc2cc(F)cc(Cl)c2)c1. The van der Waals surface area contributed by atoms with Gasteiger partial charge >= 0.3 is 0 Å². The molecule has 0 aliphatic carbocycles. The van der Waals surface area contributed by atoms with Gasteiger partial charge in [-0.1, -0.05) is 17.7 Å². The zero-order valence-electron chi connectivity index (χ0n) is 9.81. The van der Waals surface area contributed by atoms with Crippen LogP contribution in [0.5, 0.6) is 0 Å². The van der Waals surface area contributed by atoms with Crippen LogP contribution in [0.4, 0.5) is 10.1 Å². The zero-order chi connectivity index (χ0) is 13.1. The Morgan fingerprint density at radius 3 is 2.72 bits per heavy atom. The molecule has 0 aliphatic heterocycles. The van der Waals surface area contributed by atoms with Gasteiger partial charge in [0.1, 0.15) is 5.82 Å². The van der Waals surface area contributed by atoms with Crippen molar-refractivity contribution in [1.29, 1.82) is 0 Å². The summed E-state index contributed by atoms with van der Waals surface area (Å²) in [4.78, 5) is 0. The van der Waals surface area contributed by atoms with E-state index >= 15 is 0 Å². The minimum absolute atomic E-state index is 0.317. The number of benzene rings is 2. The molecule has 2 aromatic carbocycles. The van der Waals surface area contributed by atoms with Crippen molar-refractivity contribution < 1.29 is 4.39 Å². The lowest BCUT2D eigenvalue weighted by Gasteiger charge is -2.10. The first-order valence-electron chi connectivity index (χ1n) is 5.49. The Hall–Kier alpha value is -1.06. The van der Waals surface area contributed by atoms with Crippen molar-refractivity contribution in [3.63, 3.8) is 0 Å². The van der Waals surface area contributed by atoms with Gasteiger partial charge in [0.2, 0.25) is 0 Å². The van der Waals surface area contributed by atoms with Gasteiger partial charge in [0.05, 0.1) is 0 Å². The molecule has 94 valence electrons. The standard InChI is InChI=1S/C14H12BrClFN/c1-9-2-3-13(15)14(4-9)18-8-10-5-11(16)7-12(17)6-10/h2-7,18H,8H2,1H3. The molecule has 0 amide bonds. The Bertz CT molecular complexity index is 551. The second kappa shape index (κ2) is 5.72. The van der Waals surface area contributed by atoms with Crippen LogP contribution in [0.25, 0.3) is 0 Å². The lowest BCUT2D eigenvalue weighted by molar-refractivity contribution is 0.626. The first-order chi connectivity index (χ1) is 8.54. The van der Waals surface area contributed by atoms with Crippen molar-refractivity contribution in [2.75, 3.05) is 5.32 Å². The third-order valence-electron chi connectivity index (χ3n) is 2.53. The van der Waals surface area contributed by atoms with E-state index in [1.807, 2.05) is 25.1 Å². The summed E-state index contributed by atoms with van der Waals surface area (Å²) in [5, 5.41) is 3.66. The Labute approximate surface area is 119 Å². The van der Waals surface area contributed by atoms with Crippen molar-refractivity contribution in [1.82, 2.24) is 0 Å². The summed E-state index contributed by atoms with van der Waals surface area (Å²) < 4.78 is 14.2. The highest BCUT2D eigenvalue weighted by Gasteiger charge is 2.02. The maximum absolute atomic E-state index is 13.2. The predicted molar refractivity (Wildman–Crippen MR) is 77.6 cm³/mol. The smallest absolute Gasteiger partial charge is 0.125 e. The molecule has 4 heteroatoms. The molecule has 0 saturated carbocycles. The third-order valence-corrected chi connectivity index (χ3v) is 3.44. The summed E-state index contributed by atoms with van der Waals surface area (Å²) in [6, 6.07) is 10.6. The summed E-state index contributed by atoms with van der Waals surface area (Å²) in [7, 11) is 0. The third kappa shape index (κ3) is 3.47. The topological polar surface area (TPSA) is 12.0 Å². The largest absolute Gasteiger partial charge is 0.380 e. The van der Waals surface area contributed by atoms with Crippen LogP contribution in [0.3, 0.4) is 0 Å². The first kappa shape index (κ1) is 13.4. The van der Waals surface area contributed by atoms with E-state index in [2.05, 4.69) is 21.2 Å². The molecule has 0 radical (unpaired) electrons. The van der Waals surface area contributed by atoms with Crippen LogP contribution in [-0.4, -0.2) is 0 Å². The lowest BCUT2D eigenvalue weighted by Crippen LogP contribution is -2.01. The number of halogens is 3. The maximum atomic E-state index is 13.2. The number of hydrogen-bond acceptors (Lipinski definition) is 1. The van der Waals surface area contributed by atoms with E-state index in [1.54, 1.807) is 6.07 Å². The predicted octanol–water partition coefficient (Wildman–Crippen LogP) is 5.16. The van der Waals surface area contributed by atoms with Gasteiger partial charge in [0.15, 0.2) is 0 Å². The number of nitrogens with one attached hydrogen (secondary N) is 1. The van der Waals surface area contributed by atoms with Gasteiger partial charge in [-0.15, -0.1) is 0 Å². The quantitative estimate of drug-likeness (QED) is 0.820. The van der Waals surface area contributed by atoms with E-state index in [0.29, 0.717) is 11.6 Å². The van der Waals surface area contributed by atoms with Gasteiger partial charge in [-0.2, -0.15) is 0 Å². The van der Waals surface area contributed by atoms with Gasteiger partial charge in [-0.25, -0.2) is 4.39 Å². The summed E-state index contributed by atoms with van der Waals surface area (Å²) >= 11 is 9.28. The molecule has 1 N–H and O–H groups in total. The van der Waals surface area contributed by atoms with Gasteiger partial charge in [0.25, 0.3) is 0 Å². The van der Waals surface area contributed by atoms with E-state index in [9.17, 15) is 4.39 Å². The molecule has 0 heterocycles. The molecule has 18 heavy (non-hydrogen) atoms. The number of rotatable bonds is 3. The second-order valence-electron chi connectivity index (χ2n) is 4.11. The van der Waals surface area contributed by atoms with E-state index in [4.69, 9.17) is 11.6 Å². The van der Waals surface area contributed by atoms with E-state index < -0.39 is 0 Å². The van der Waals surface area contributed by atoms with Crippen LogP contribution in [0.1, 0.15) is 11.1 Å². The lowest BCUT2D eigenvalue weighted by atomic mass is 10.2. The number of aryl methyl sites for hydroxylation is 1. The first-order valence-corrected chi connectivity index (χ1v) is 6.67.